The second kappa shape index (κ2) is 5.61. The van der Waals surface area contributed by atoms with Crippen molar-refractivity contribution in [2.75, 3.05) is 0 Å². The Balaban J connectivity index is 2.62. The molecule has 0 saturated heterocycles. The third-order valence-corrected chi connectivity index (χ3v) is 3.45. The number of hydrogen-bond acceptors (Lipinski definition) is 2. The second-order valence-electron chi connectivity index (χ2n) is 4.75. The predicted molar refractivity (Wildman–Crippen MR) is 79.6 cm³/mol. The molecule has 4 nitrogen and oxygen atoms in total. The summed E-state index contributed by atoms with van der Waals surface area (Å²) >= 11 is 6.19. The molecule has 0 aliphatic rings. The fourth-order valence-electron chi connectivity index (χ4n) is 2.24. The molecule has 102 valence electrons. The highest BCUT2D eigenvalue weighted by atomic mass is 35.5. The SMILES string of the molecule is C=C(C)c1c(Cl)cnc2[nH]c(=O)n(CCCCC)c12. The molecule has 0 aliphatic heterocycles. The van der Waals surface area contributed by atoms with Crippen LogP contribution >= 0.6 is 11.6 Å². The van der Waals surface area contributed by atoms with Crippen molar-refractivity contribution < 1.29 is 0 Å². The van der Waals surface area contributed by atoms with Gasteiger partial charge >= 0.3 is 5.69 Å². The van der Waals surface area contributed by atoms with Gasteiger partial charge in [-0.2, -0.15) is 0 Å². The molecule has 2 rings (SSSR count). The monoisotopic (exact) mass is 279 g/mol. The maximum absolute atomic E-state index is 12.0. The van der Waals surface area contributed by atoms with Crippen molar-refractivity contribution in [3.8, 4) is 0 Å². The van der Waals surface area contributed by atoms with E-state index in [0.717, 1.165) is 35.9 Å². The van der Waals surface area contributed by atoms with Gasteiger partial charge in [0.15, 0.2) is 5.65 Å². The summed E-state index contributed by atoms with van der Waals surface area (Å²) in [6, 6.07) is 0. The standard InChI is InChI=1S/C14H18ClN3O/c1-4-5-6-7-18-12-11(9(2)3)10(15)8-16-13(12)17-14(18)19/h8H,2,4-7H2,1,3H3,(H,16,17,19). The van der Waals surface area contributed by atoms with Crippen molar-refractivity contribution in [1.82, 2.24) is 14.5 Å². The Kier molecular flexibility index (Phi) is 4.10. The highest BCUT2D eigenvalue weighted by Gasteiger charge is 2.15. The number of aryl methyl sites for hydroxylation is 1. The van der Waals surface area contributed by atoms with Crippen molar-refractivity contribution in [2.45, 2.75) is 39.7 Å². The smallest absolute Gasteiger partial charge is 0.290 e. The molecule has 5 heteroatoms. The minimum absolute atomic E-state index is 0.136. The lowest BCUT2D eigenvalue weighted by Crippen LogP contribution is -2.17. The van der Waals surface area contributed by atoms with Crippen LogP contribution in [-0.4, -0.2) is 14.5 Å². The van der Waals surface area contributed by atoms with Crippen LogP contribution in [0.2, 0.25) is 5.02 Å². The summed E-state index contributed by atoms with van der Waals surface area (Å²) in [7, 11) is 0. The Labute approximate surface area is 117 Å². The van der Waals surface area contributed by atoms with Gasteiger partial charge in [-0.1, -0.05) is 37.9 Å². The minimum Gasteiger partial charge on any atom is -0.290 e. The van der Waals surface area contributed by atoms with Gasteiger partial charge in [0.1, 0.15) is 0 Å². The average Bonchev–Trinajstić information content (AvgIpc) is 2.66. The van der Waals surface area contributed by atoms with Crippen LogP contribution in [-0.2, 0) is 6.54 Å². The molecule has 2 aromatic heterocycles. The normalized spacial score (nSPS) is 11.1. The Morgan fingerprint density at radius 1 is 1.53 bits per heavy atom. The lowest BCUT2D eigenvalue weighted by molar-refractivity contribution is 0.600. The molecule has 0 bridgehead atoms. The molecule has 0 aliphatic carbocycles. The van der Waals surface area contributed by atoms with E-state index >= 15 is 0 Å². The molecule has 0 amide bonds. The maximum atomic E-state index is 12.0. The molecule has 1 N–H and O–H groups in total. The van der Waals surface area contributed by atoms with Crippen LogP contribution in [0.25, 0.3) is 16.7 Å². The minimum atomic E-state index is -0.136. The Bertz CT molecular complexity index is 669. The topological polar surface area (TPSA) is 50.7 Å². The number of H-pyrrole nitrogens is 1. The zero-order valence-corrected chi connectivity index (χ0v) is 12.0. The van der Waals surface area contributed by atoms with Gasteiger partial charge in [0, 0.05) is 18.3 Å². The number of aromatic nitrogens is 3. The number of unbranched alkanes of at least 4 members (excludes halogenated alkanes) is 2. The van der Waals surface area contributed by atoms with E-state index in [1.165, 1.54) is 0 Å². The zero-order chi connectivity index (χ0) is 14.0. The Morgan fingerprint density at radius 2 is 2.26 bits per heavy atom. The number of rotatable bonds is 5. The molecule has 0 radical (unpaired) electrons. The Hall–Kier alpha value is -1.55. The molecule has 2 heterocycles. The summed E-state index contributed by atoms with van der Waals surface area (Å²) in [4.78, 5) is 19.0. The number of nitrogens with one attached hydrogen (secondary N) is 1. The van der Waals surface area contributed by atoms with Crippen LogP contribution in [0.5, 0.6) is 0 Å². The first-order chi connectivity index (χ1) is 9.06. The van der Waals surface area contributed by atoms with Crippen LogP contribution < -0.4 is 5.69 Å². The number of imidazole rings is 1. The van der Waals surface area contributed by atoms with Gasteiger partial charge < -0.3 is 0 Å². The second-order valence-corrected chi connectivity index (χ2v) is 5.15. The quantitative estimate of drug-likeness (QED) is 0.850. The van der Waals surface area contributed by atoms with E-state index in [1.807, 2.05) is 6.92 Å². The summed E-state index contributed by atoms with van der Waals surface area (Å²) in [5.41, 5.74) is 2.84. The number of pyridine rings is 1. The van der Waals surface area contributed by atoms with Gasteiger partial charge in [0.2, 0.25) is 0 Å². The Morgan fingerprint density at radius 3 is 2.89 bits per heavy atom. The zero-order valence-electron chi connectivity index (χ0n) is 11.3. The number of halogens is 1. The fourth-order valence-corrected chi connectivity index (χ4v) is 2.54. The fraction of sp³-hybridized carbons (Fsp3) is 0.429. The number of fused-ring (bicyclic) bond motifs is 1. The van der Waals surface area contributed by atoms with Crippen LogP contribution in [0, 0.1) is 0 Å². The number of nitrogens with zero attached hydrogens (tertiary/aromatic N) is 2. The molecule has 0 aromatic carbocycles. The van der Waals surface area contributed by atoms with Gasteiger partial charge in [0.05, 0.1) is 10.5 Å². The van der Waals surface area contributed by atoms with Gasteiger partial charge in [-0.05, 0) is 18.9 Å². The van der Waals surface area contributed by atoms with Gasteiger partial charge in [-0.15, -0.1) is 0 Å². The molecule has 0 spiro atoms. The first-order valence-corrected chi connectivity index (χ1v) is 6.87. The third kappa shape index (κ3) is 2.59. The van der Waals surface area contributed by atoms with E-state index in [9.17, 15) is 4.79 Å². The van der Waals surface area contributed by atoms with Gasteiger partial charge in [-0.3, -0.25) is 9.55 Å². The van der Waals surface area contributed by atoms with E-state index in [1.54, 1.807) is 10.8 Å². The first-order valence-electron chi connectivity index (χ1n) is 6.49. The van der Waals surface area contributed by atoms with E-state index in [-0.39, 0.29) is 5.69 Å². The summed E-state index contributed by atoms with van der Waals surface area (Å²) in [6.07, 6.45) is 4.73. The average molecular weight is 280 g/mol. The van der Waals surface area contributed by atoms with Gasteiger partial charge in [0.25, 0.3) is 0 Å². The van der Waals surface area contributed by atoms with Crippen LogP contribution in [0.1, 0.15) is 38.7 Å². The van der Waals surface area contributed by atoms with Crippen molar-refractivity contribution in [3.05, 3.63) is 33.8 Å². The predicted octanol–water partition coefficient (Wildman–Crippen LogP) is 3.60. The summed E-state index contributed by atoms with van der Waals surface area (Å²) in [5.74, 6) is 0. The van der Waals surface area contributed by atoms with Crippen molar-refractivity contribution >= 4 is 28.3 Å². The molecule has 0 fully saturated rings. The van der Waals surface area contributed by atoms with E-state index in [0.29, 0.717) is 17.2 Å². The van der Waals surface area contributed by atoms with Crippen LogP contribution in [0.3, 0.4) is 0 Å². The lowest BCUT2D eigenvalue weighted by Gasteiger charge is -2.09. The van der Waals surface area contributed by atoms with E-state index < -0.39 is 0 Å². The molecular weight excluding hydrogens is 262 g/mol. The largest absolute Gasteiger partial charge is 0.327 e. The number of allylic oxidation sites excluding steroid dienone is 1. The van der Waals surface area contributed by atoms with Crippen LogP contribution in [0.4, 0.5) is 0 Å². The number of aromatic amines is 1. The lowest BCUT2D eigenvalue weighted by atomic mass is 10.1. The molecular formula is C14H18ClN3O. The van der Waals surface area contributed by atoms with E-state index in [4.69, 9.17) is 11.6 Å². The van der Waals surface area contributed by atoms with Crippen molar-refractivity contribution in [3.63, 3.8) is 0 Å². The number of hydrogen-bond donors (Lipinski definition) is 1. The molecule has 0 saturated carbocycles. The summed E-state index contributed by atoms with van der Waals surface area (Å²) < 4.78 is 1.72. The first kappa shape index (κ1) is 13.9. The van der Waals surface area contributed by atoms with Crippen LogP contribution in [0.15, 0.2) is 17.6 Å². The molecule has 0 unspecified atom stereocenters. The van der Waals surface area contributed by atoms with Crippen molar-refractivity contribution in [2.24, 2.45) is 0 Å². The third-order valence-electron chi connectivity index (χ3n) is 3.16. The van der Waals surface area contributed by atoms with Gasteiger partial charge in [-0.25, -0.2) is 9.78 Å². The van der Waals surface area contributed by atoms with Crippen molar-refractivity contribution in [1.29, 1.82) is 0 Å². The maximum Gasteiger partial charge on any atom is 0.327 e. The summed E-state index contributed by atoms with van der Waals surface area (Å²) in [5, 5.41) is 0.531. The van der Waals surface area contributed by atoms with E-state index in [2.05, 4.69) is 23.5 Å². The molecule has 2 aromatic rings. The highest BCUT2D eigenvalue weighted by molar-refractivity contribution is 6.33. The molecule has 19 heavy (non-hydrogen) atoms. The summed E-state index contributed by atoms with van der Waals surface area (Å²) in [6.45, 7) is 8.64. The molecule has 0 atom stereocenters. The highest BCUT2D eigenvalue weighted by Crippen LogP contribution is 2.28.